The number of ether oxygens (including phenoxy) is 2. The molecule has 25 heavy (non-hydrogen) atoms. The third-order valence-corrected chi connectivity index (χ3v) is 4.67. The Kier molecular flexibility index (Phi) is 5.82. The van der Waals surface area contributed by atoms with Crippen LogP contribution in [0.5, 0.6) is 0 Å². The number of aliphatic imine (C=N–C) groups is 1. The van der Waals surface area contributed by atoms with E-state index in [1.807, 2.05) is 26.8 Å². The lowest BCUT2D eigenvalue weighted by atomic mass is 9.85. The van der Waals surface area contributed by atoms with Gasteiger partial charge < -0.3 is 9.47 Å². The molecule has 2 rings (SSSR count). The Morgan fingerprint density at radius 2 is 1.92 bits per heavy atom. The summed E-state index contributed by atoms with van der Waals surface area (Å²) in [6.45, 7) is 5.81. The maximum Gasteiger partial charge on any atom is 0.332 e. The zero-order chi connectivity index (χ0) is 18.6. The van der Waals surface area contributed by atoms with Crippen LogP contribution in [0.15, 0.2) is 35.3 Å². The highest BCUT2D eigenvalue weighted by Gasteiger charge is 2.53. The number of hydrogen-bond donors (Lipinski definition) is 0. The van der Waals surface area contributed by atoms with E-state index in [4.69, 9.17) is 9.47 Å². The normalized spacial score (nSPS) is 23.2. The van der Waals surface area contributed by atoms with E-state index in [0.717, 1.165) is 0 Å². The van der Waals surface area contributed by atoms with Crippen molar-refractivity contribution in [2.75, 3.05) is 14.2 Å². The molecular weight excluding hydrogens is 320 g/mol. The van der Waals surface area contributed by atoms with Gasteiger partial charge >= 0.3 is 5.97 Å². The van der Waals surface area contributed by atoms with E-state index in [1.54, 1.807) is 29.2 Å². The number of hydrogen-bond acceptors (Lipinski definition) is 5. The topological polar surface area (TPSA) is 68.2 Å². The van der Waals surface area contributed by atoms with Crippen molar-refractivity contribution in [2.45, 2.75) is 45.3 Å². The number of carbonyl (C=O) groups excluding carboxylic acids is 2. The molecule has 2 atom stereocenters. The van der Waals surface area contributed by atoms with Crippen molar-refractivity contribution in [3.05, 3.63) is 35.9 Å². The van der Waals surface area contributed by atoms with Gasteiger partial charge in [-0.2, -0.15) is 0 Å². The molecule has 6 heteroatoms. The first-order valence-corrected chi connectivity index (χ1v) is 8.49. The molecule has 0 saturated carbocycles. The Balaban J connectivity index is 2.63. The number of benzene rings is 1. The first-order chi connectivity index (χ1) is 11.9. The molecule has 0 spiro atoms. The van der Waals surface area contributed by atoms with Crippen LogP contribution in [0, 0.1) is 5.92 Å². The largest absolute Gasteiger partial charge is 0.484 e. The first kappa shape index (κ1) is 19.0. The Morgan fingerprint density at radius 1 is 1.28 bits per heavy atom. The van der Waals surface area contributed by atoms with Crippen molar-refractivity contribution < 1.29 is 19.1 Å². The van der Waals surface area contributed by atoms with Crippen LogP contribution in [0.4, 0.5) is 0 Å². The molecule has 0 aromatic heterocycles. The van der Waals surface area contributed by atoms with Gasteiger partial charge in [-0.1, -0.05) is 39.0 Å². The molecule has 1 amide bonds. The zero-order valence-corrected chi connectivity index (χ0v) is 15.5. The Morgan fingerprint density at radius 3 is 2.40 bits per heavy atom. The van der Waals surface area contributed by atoms with Gasteiger partial charge in [-0.05, 0) is 24.5 Å². The highest BCUT2D eigenvalue weighted by Crippen LogP contribution is 2.36. The Labute approximate surface area is 148 Å². The molecule has 0 fully saturated rings. The minimum Gasteiger partial charge on any atom is -0.484 e. The standard InChI is InChI=1S/C19H26N2O4/c1-6-19(18(23)25-5)12-15(24-4)20-16(13(2)3)21(19)17(22)14-10-8-7-9-11-14/h7-11,13,16H,6,12H2,1-5H3/t16-,19-/m0/s1. The molecule has 0 bridgehead atoms. The van der Waals surface area contributed by atoms with Crippen molar-refractivity contribution in [1.29, 1.82) is 0 Å². The lowest BCUT2D eigenvalue weighted by molar-refractivity contribution is -0.156. The van der Waals surface area contributed by atoms with Crippen LogP contribution in [0.2, 0.25) is 0 Å². The van der Waals surface area contributed by atoms with Gasteiger partial charge in [0.1, 0.15) is 6.17 Å². The smallest absolute Gasteiger partial charge is 0.332 e. The monoisotopic (exact) mass is 346 g/mol. The molecular formula is C19H26N2O4. The maximum absolute atomic E-state index is 13.3. The van der Waals surface area contributed by atoms with Crippen LogP contribution < -0.4 is 0 Å². The third-order valence-electron chi connectivity index (χ3n) is 4.67. The number of methoxy groups -OCH3 is 2. The average molecular weight is 346 g/mol. The Hall–Kier alpha value is -2.37. The summed E-state index contributed by atoms with van der Waals surface area (Å²) in [7, 11) is 2.87. The van der Waals surface area contributed by atoms with Crippen LogP contribution in [0.1, 0.15) is 44.0 Å². The minimum absolute atomic E-state index is 0.00805. The van der Waals surface area contributed by atoms with E-state index >= 15 is 0 Å². The predicted octanol–water partition coefficient (Wildman–Crippen LogP) is 2.88. The highest BCUT2D eigenvalue weighted by molar-refractivity contribution is 6.01. The fourth-order valence-corrected chi connectivity index (χ4v) is 3.25. The van der Waals surface area contributed by atoms with E-state index < -0.39 is 17.7 Å². The van der Waals surface area contributed by atoms with Gasteiger partial charge in [0.15, 0.2) is 11.4 Å². The van der Waals surface area contributed by atoms with Gasteiger partial charge in [-0.25, -0.2) is 9.79 Å². The minimum atomic E-state index is -1.14. The number of amides is 1. The van der Waals surface area contributed by atoms with Gasteiger partial charge in [0.25, 0.3) is 5.91 Å². The molecule has 0 aliphatic carbocycles. The van der Waals surface area contributed by atoms with Gasteiger partial charge in [-0.3, -0.25) is 9.69 Å². The average Bonchev–Trinajstić information content (AvgIpc) is 2.66. The molecule has 1 aromatic rings. The van der Waals surface area contributed by atoms with Crippen LogP contribution in [0.3, 0.4) is 0 Å². The SMILES string of the molecule is CC[C@@]1(C(=O)OC)CC(OC)=N[C@H](C(C)C)N1C(=O)c1ccccc1. The molecule has 1 aliphatic rings. The van der Waals surface area contributed by atoms with Gasteiger partial charge in [0.2, 0.25) is 0 Å². The van der Waals surface area contributed by atoms with E-state index in [9.17, 15) is 9.59 Å². The van der Waals surface area contributed by atoms with E-state index in [0.29, 0.717) is 17.9 Å². The summed E-state index contributed by atoms with van der Waals surface area (Å²) in [6.07, 6.45) is 0.105. The first-order valence-electron chi connectivity index (χ1n) is 8.49. The molecule has 1 aliphatic heterocycles. The lowest BCUT2D eigenvalue weighted by Crippen LogP contribution is -2.65. The summed E-state index contributed by atoms with van der Waals surface area (Å²) in [5, 5.41) is 0. The van der Waals surface area contributed by atoms with Crippen molar-refractivity contribution in [2.24, 2.45) is 10.9 Å². The van der Waals surface area contributed by atoms with Crippen LogP contribution >= 0.6 is 0 Å². The lowest BCUT2D eigenvalue weighted by Gasteiger charge is -2.48. The second kappa shape index (κ2) is 7.68. The van der Waals surface area contributed by atoms with Crippen LogP contribution in [0.25, 0.3) is 0 Å². The predicted molar refractivity (Wildman–Crippen MR) is 95.3 cm³/mol. The summed E-state index contributed by atoms with van der Waals surface area (Å²) in [6, 6.07) is 8.94. The van der Waals surface area contributed by atoms with Crippen LogP contribution in [-0.4, -0.2) is 48.6 Å². The van der Waals surface area contributed by atoms with Crippen molar-refractivity contribution >= 4 is 17.8 Å². The zero-order valence-electron chi connectivity index (χ0n) is 15.5. The van der Waals surface area contributed by atoms with E-state index in [-0.39, 0.29) is 18.2 Å². The van der Waals surface area contributed by atoms with Gasteiger partial charge in [-0.15, -0.1) is 0 Å². The number of nitrogens with zero attached hydrogens (tertiary/aromatic N) is 2. The second-order valence-electron chi connectivity index (χ2n) is 6.48. The summed E-state index contributed by atoms with van der Waals surface area (Å²) in [4.78, 5) is 32.2. The molecule has 1 heterocycles. The van der Waals surface area contributed by atoms with Crippen molar-refractivity contribution in [3.63, 3.8) is 0 Å². The van der Waals surface area contributed by atoms with Crippen molar-refractivity contribution in [3.8, 4) is 0 Å². The van der Waals surface area contributed by atoms with Crippen LogP contribution in [-0.2, 0) is 14.3 Å². The number of esters is 1. The maximum atomic E-state index is 13.3. The third kappa shape index (κ3) is 3.38. The molecule has 0 N–H and O–H groups in total. The fraction of sp³-hybridized carbons (Fsp3) is 0.526. The molecule has 0 unspecified atom stereocenters. The Bertz CT molecular complexity index is 657. The van der Waals surface area contributed by atoms with Gasteiger partial charge in [0.05, 0.1) is 20.6 Å². The van der Waals surface area contributed by atoms with E-state index in [1.165, 1.54) is 14.2 Å². The van der Waals surface area contributed by atoms with Crippen molar-refractivity contribution in [1.82, 2.24) is 4.90 Å². The fourth-order valence-electron chi connectivity index (χ4n) is 3.25. The summed E-state index contributed by atoms with van der Waals surface area (Å²) >= 11 is 0. The molecule has 0 radical (unpaired) electrons. The molecule has 1 aromatic carbocycles. The van der Waals surface area contributed by atoms with Gasteiger partial charge in [0, 0.05) is 5.56 Å². The van der Waals surface area contributed by atoms with E-state index in [2.05, 4.69) is 4.99 Å². The summed E-state index contributed by atoms with van der Waals surface area (Å²) in [5.74, 6) is -0.211. The second-order valence-corrected chi connectivity index (χ2v) is 6.48. The number of rotatable bonds is 4. The highest BCUT2D eigenvalue weighted by atomic mass is 16.5. The molecule has 136 valence electrons. The molecule has 0 saturated heterocycles. The summed E-state index contributed by atoms with van der Waals surface area (Å²) < 4.78 is 10.4. The molecule has 6 nitrogen and oxygen atoms in total. The summed E-state index contributed by atoms with van der Waals surface area (Å²) in [5.41, 5.74) is -0.616. The number of carbonyl (C=O) groups is 2. The quantitative estimate of drug-likeness (QED) is 0.786.